The molecule has 138 valence electrons. The van der Waals surface area contributed by atoms with E-state index in [0.717, 1.165) is 32.1 Å². The van der Waals surface area contributed by atoms with Gasteiger partial charge in [0.25, 0.3) is 0 Å². The standard InChI is InChI=1S/C21H30O4/c1-4-19(22)18(20(23)5-2)11-9-7-6-8-10-16-12-14-17(15-13-16)21(24)25-3/h12-15,18H,4-11H2,1-3H3. The van der Waals surface area contributed by atoms with E-state index < -0.39 is 0 Å². The number of ketones is 2. The number of aryl methyl sites for hydroxylation is 1. The second-order valence-electron chi connectivity index (χ2n) is 6.33. The maximum absolute atomic E-state index is 11.9. The van der Waals surface area contributed by atoms with Gasteiger partial charge >= 0.3 is 5.97 Å². The molecule has 0 atom stereocenters. The van der Waals surface area contributed by atoms with Crippen LogP contribution in [0.4, 0.5) is 0 Å². The molecule has 0 saturated heterocycles. The molecule has 0 heterocycles. The molecule has 0 fully saturated rings. The lowest BCUT2D eigenvalue weighted by atomic mass is 9.90. The van der Waals surface area contributed by atoms with Crippen molar-refractivity contribution < 1.29 is 19.1 Å². The Bertz CT molecular complexity index is 544. The van der Waals surface area contributed by atoms with Gasteiger partial charge in [-0.2, -0.15) is 0 Å². The lowest BCUT2D eigenvalue weighted by molar-refractivity contribution is -0.132. The Morgan fingerprint density at radius 3 is 1.96 bits per heavy atom. The summed E-state index contributed by atoms with van der Waals surface area (Å²) in [4.78, 5) is 35.1. The first-order chi connectivity index (χ1) is 12.0. The molecule has 1 aromatic rings. The van der Waals surface area contributed by atoms with Crippen LogP contribution >= 0.6 is 0 Å². The second-order valence-corrected chi connectivity index (χ2v) is 6.33. The molecule has 0 bridgehead atoms. The number of hydrogen-bond acceptors (Lipinski definition) is 4. The van der Waals surface area contributed by atoms with Crippen LogP contribution in [0.2, 0.25) is 0 Å². The average molecular weight is 346 g/mol. The molecule has 0 radical (unpaired) electrons. The van der Waals surface area contributed by atoms with Gasteiger partial charge in [0.05, 0.1) is 18.6 Å². The van der Waals surface area contributed by atoms with Gasteiger partial charge in [-0.05, 0) is 37.0 Å². The molecule has 0 amide bonds. The topological polar surface area (TPSA) is 60.4 Å². The van der Waals surface area contributed by atoms with E-state index in [2.05, 4.69) is 4.74 Å². The summed E-state index contributed by atoms with van der Waals surface area (Å²) in [5.41, 5.74) is 1.77. The average Bonchev–Trinajstić information content (AvgIpc) is 2.66. The Morgan fingerprint density at radius 2 is 1.44 bits per heavy atom. The first-order valence-corrected chi connectivity index (χ1v) is 9.26. The molecule has 1 rings (SSSR count). The van der Waals surface area contributed by atoms with Gasteiger partial charge in [-0.3, -0.25) is 9.59 Å². The van der Waals surface area contributed by atoms with Gasteiger partial charge in [-0.15, -0.1) is 0 Å². The summed E-state index contributed by atoms with van der Waals surface area (Å²) in [5, 5.41) is 0. The molecule has 4 heteroatoms. The third kappa shape index (κ3) is 7.20. The minimum absolute atomic E-state index is 0.0811. The van der Waals surface area contributed by atoms with Gasteiger partial charge in [0.15, 0.2) is 0 Å². The number of esters is 1. The summed E-state index contributed by atoms with van der Waals surface area (Å²) >= 11 is 0. The van der Waals surface area contributed by atoms with Crippen molar-refractivity contribution in [3.05, 3.63) is 35.4 Å². The van der Waals surface area contributed by atoms with Crippen molar-refractivity contribution in [1.82, 2.24) is 0 Å². The molecule has 0 N–H and O–H groups in total. The van der Waals surface area contributed by atoms with Gasteiger partial charge < -0.3 is 4.74 Å². The van der Waals surface area contributed by atoms with Crippen molar-refractivity contribution >= 4 is 17.5 Å². The van der Waals surface area contributed by atoms with Crippen molar-refractivity contribution in [3.8, 4) is 0 Å². The smallest absolute Gasteiger partial charge is 0.337 e. The highest BCUT2D eigenvalue weighted by molar-refractivity contribution is 6.02. The molecular formula is C21H30O4. The van der Waals surface area contributed by atoms with Gasteiger partial charge in [-0.25, -0.2) is 4.79 Å². The Labute approximate surface area is 151 Å². The number of carbonyl (C=O) groups excluding carboxylic acids is 3. The highest BCUT2D eigenvalue weighted by atomic mass is 16.5. The molecular weight excluding hydrogens is 316 g/mol. The minimum atomic E-state index is -0.388. The van der Waals surface area contributed by atoms with E-state index in [1.165, 1.54) is 12.7 Å². The van der Waals surface area contributed by atoms with Crippen LogP contribution in [0, 0.1) is 5.92 Å². The van der Waals surface area contributed by atoms with E-state index in [-0.39, 0.29) is 23.5 Å². The van der Waals surface area contributed by atoms with Crippen molar-refractivity contribution in [2.75, 3.05) is 7.11 Å². The zero-order valence-corrected chi connectivity index (χ0v) is 15.7. The van der Waals surface area contributed by atoms with Crippen molar-refractivity contribution in [2.24, 2.45) is 5.92 Å². The number of benzene rings is 1. The van der Waals surface area contributed by atoms with Crippen LogP contribution in [0.25, 0.3) is 0 Å². The fourth-order valence-electron chi connectivity index (χ4n) is 2.95. The van der Waals surface area contributed by atoms with E-state index in [0.29, 0.717) is 24.8 Å². The zero-order chi connectivity index (χ0) is 18.7. The van der Waals surface area contributed by atoms with Crippen LogP contribution < -0.4 is 0 Å². The van der Waals surface area contributed by atoms with Crippen molar-refractivity contribution in [2.45, 2.75) is 65.2 Å². The number of hydrogen-bond donors (Lipinski definition) is 0. The molecule has 1 aromatic carbocycles. The summed E-state index contributed by atoms with van der Waals surface area (Å²) < 4.78 is 4.68. The summed E-state index contributed by atoms with van der Waals surface area (Å²) in [5.74, 6) is -0.541. The van der Waals surface area contributed by atoms with E-state index in [1.807, 2.05) is 26.0 Å². The summed E-state index contributed by atoms with van der Waals surface area (Å²) in [6.45, 7) is 3.65. The Morgan fingerprint density at radius 1 is 0.880 bits per heavy atom. The third-order valence-corrected chi connectivity index (χ3v) is 4.56. The second kappa shape index (κ2) is 11.6. The largest absolute Gasteiger partial charge is 0.465 e. The zero-order valence-electron chi connectivity index (χ0n) is 15.7. The summed E-state index contributed by atoms with van der Waals surface area (Å²) in [6, 6.07) is 7.50. The predicted octanol–water partition coefficient (Wildman–Crippen LogP) is 4.54. The quantitative estimate of drug-likeness (QED) is 0.317. The number of carbonyl (C=O) groups is 3. The normalized spacial score (nSPS) is 10.7. The van der Waals surface area contributed by atoms with E-state index in [4.69, 9.17) is 0 Å². The molecule has 0 aliphatic heterocycles. The summed E-state index contributed by atoms with van der Waals surface area (Å²) in [6.07, 6.45) is 6.63. The number of rotatable bonds is 12. The third-order valence-electron chi connectivity index (χ3n) is 4.56. The molecule has 0 aromatic heterocycles. The highest BCUT2D eigenvalue weighted by Gasteiger charge is 2.22. The van der Waals surface area contributed by atoms with Crippen LogP contribution in [0.15, 0.2) is 24.3 Å². The van der Waals surface area contributed by atoms with Crippen LogP contribution in [0.1, 0.15) is 74.7 Å². The Hall–Kier alpha value is -1.97. The molecule has 0 unspecified atom stereocenters. The maximum Gasteiger partial charge on any atom is 0.337 e. The van der Waals surface area contributed by atoms with Gasteiger partial charge in [0, 0.05) is 12.8 Å². The SMILES string of the molecule is CCC(=O)C(CCCCCCc1ccc(C(=O)OC)cc1)C(=O)CC. The molecule has 4 nitrogen and oxygen atoms in total. The maximum atomic E-state index is 11.9. The van der Waals surface area contributed by atoms with E-state index >= 15 is 0 Å². The molecule has 0 saturated carbocycles. The number of Topliss-reactive ketones (excluding diaryl/α,β-unsaturated/α-hetero) is 2. The molecule has 0 aliphatic carbocycles. The van der Waals surface area contributed by atoms with Gasteiger partial charge in [0.2, 0.25) is 0 Å². The van der Waals surface area contributed by atoms with Crippen LogP contribution in [0.3, 0.4) is 0 Å². The highest BCUT2D eigenvalue weighted by Crippen LogP contribution is 2.17. The lowest BCUT2D eigenvalue weighted by Crippen LogP contribution is -2.22. The number of ether oxygens (including phenoxy) is 1. The van der Waals surface area contributed by atoms with Crippen molar-refractivity contribution in [3.63, 3.8) is 0 Å². The van der Waals surface area contributed by atoms with E-state index in [1.54, 1.807) is 12.1 Å². The minimum Gasteiger partial charge on any atom is -0.465 e. The van der Waals surface area contributed by atoms with Gasteiger partial charge in [0.1, 0.15) is 11.6 Å². The fraction of sp³-hybridized carbons (Fsp3) is 0.571. The predicted molar refractivity (Wildman–Crippen MR) is 98.7 cm³/mol. The molecule has 0 spiro atoms. The number of unbranched alkanes of at least 4 members (excludes halogenated alkanes) is 3. The van der Waals surface area contributed by atoms with Gasteiger partial charge in [-0.1, -0.05) is 45.2 Å². The first-order valence-electron chi connectivity index (χ1n) is 9.26. The van der Waals surface area contributed by atoms with Crippen LogP contribution in [-0.4, -0.2) is 24.6 Å². The van der Waals surface area contributed by atoms with Crippen LogP contribution in [0.5, 0.6) is 0 Å². The van der Waals surface area contributed by atoms with Crippen LogP contribution in [-0.2, 0) is 20.7 Å². The Balaban J connectivity index is 2.28. The monoisotopic (exact) mass is 346 g/mol. The number of methoxy groups -OCH3 is 1. The van der Waals surface area contributed by atoms with Crippen molar-refractivity contribution in [1.29, 1.82) is 0 Å². The lowest BCUT2D eigenvalue weighted by Gasteiger charge is -2.12. The Kier molecular flexibility index (Phi) is 9.75. The van der Waals surface area contributed by atoms with E-state index in [9.17, 15) is 14.4 Å². The summed E-state index contributed by atoms with van der Waals surface area (Å²) in [7, 11) is 1.38. The fourth-order valence-corrected chi connectivity index (χ4v) is 2.95. The molecule has 25 heavy (non-hydrogen) atoms. The first kappa shape index (κ1) is 21.1. The molecule has 0 aliphatic rings.